The van der Waals surface area contributed by atoms with Crippen LogP contribution < -0.4 is 9.80 Å². The summed E-state index contributed by atoms with van der Waals surface area (Å²) >= 11 is 3.18. The average Bonchev–Trinajstić information content (AvgIpc) is 3.30. The number of amides is 1. The molecule has 1 N–H and O–H groups in total. The highest BCUT2D eigenvalue weighted by atomic mass is 32.2. The van der Waals surface area contributed by atoms with E-state index in [1.54, 1.807) is 0 Å². The number of carbonyl (C=O) groups excluding carboxylic acids is 1. The Bertz CT molecular complexity index is 792. The molecule has 0 spiro atoms. The zero-order chi connectivity index (χ0) is 18.6. The summed E-state index contributed by atoms with van der Waals surface area (Å²) in [5, 5.41) is 9.24. The molecule has 144 valence electrons. The van der Waals surface area contributed by atoms with Crippen molar-refractivity contribution in [3.8, 4) is 0 Å². The van der Waals surface area contributed by atoms with Gasteiger partial charge in [-0.3, -0.25) is 4.79 Å². The number of thioether (sulfide) groups is 2. The molecule has 27 heavy (non-hydrogen) atoms. The highest BCUT2D eigenvalue weighted by molar-refractivity contribution is 8.00. The average molecular weight is 406 g/mol. The molecule has 4 rings (SSSR count). The zero-order valence-electron chi connectivity index (χ0n) is 15.5. The molecule has 1 atom stereocenters. The molecule has 3 heterocycles. The van der Waals surface area contributed by atoms with Gasteiger partial charge in [0.25, 0.3) is 11.1 Å². The second kappa shape index (κ2) is 8.67. The Labute approximate surface area is 168 Å². The number of rotatable bonds is 5. The van der Waals surface area contributed by atoms with Crippen LogP contribution in [0.2, 0.25) is 0 Å². The molecular weight excluding hydrogens is 380 g/mol. The first-order valence-electron chi connectivity index (χ1n) is 9.54. The summed E-state index contributed by atoms with van der Waals surface area (Å²) in [5.41, 5.74) is 1.02. The fourth-order valence-electron chi connectivity index (χ4n) is 3.58. The lowest BCUT2D eigenvalue weighted by atomic mass is 10.2. The molecule has 2 aliphatic rings. The third-order valence-corrected chi connectivity index (χ3v) is 7.06. The van der Waals surface area contributed by atoms with Crippen LogP contribution >= 0.6 is 23.5 Å². The summed E-state index contributed by atoms with van der Waals surface area (Å²) in [5.74, 6) is 1.07. The van der Waals surface area contributed by atoms with Crippen LogP contribution in [-0.2, 0) is 11.3 Å². The molecule has 2 aromatic rings. The van der Waals surface area contributed by atoms with E-state index >= 15 is 0 Å². The van der Waals surface area contributed by atoms with Crippen LogP contribution in [0.15, 0.2) is 38.8 Å². The van der Waals surface area contributed by atoms with Crippen LogP contribution in [0.1, 0.15) is 32.1 Å². The molecule has 1 saturated heterocycles. The second-order valence-electron chi connectivity index (χ2n) is 7.11. The van der Waals surface area contributed by atoms with E-state index in [4.69, 9.17) is 4.42 Å². The lowest BCUT2D eigenvalue weighted by Gasteiger charge is -2.22. The van der Waals surface area contributed by atoms with E-state index in [0.29, 0.717) is 22.1 Å². The van der Waals surface area contributed by atoms with E-state index in [2.05, 4.69) is 23.2 Å². The summed E-state index contributed by atoms with van der Waals surface area (Å²) in [7, 11) is 0. The van der Waals surface area contributed by atoms with Crippen LogP contribution in [0.3, 0.4) is 0 Å². The number of fused-ring (bicyclic) bond motifs is 1. The van der Waals surface area contributed by atoms with Gasteiger partial charge in [0.2, 0.25) is 5.91 Å². The number of anilines is 1. The van der Waals surface area contributed by atoms with Crippen LogP contribution in [-0.4, -0.2) is 46.7 Å². The standard InChI is InChI=1S/C19H24N4O2S2/c1-14-8-11-23(15-6-2-3-7-16(15)27-14)18(24)13-26-19-21-20-17(25-19)12-22-9-4-5-10-22/h2-3,6-7,14H,4-5,8-13H2,1H3/p+1/t14-/m1/s1. The minimum Gasteiger partial charge on any atom is -0.410 e. The van der Waals surface area contributed by atoms with Crippen molar-refractivity contribution in [2.45, 2.75) is 48.1 Å². The van der Waals surface area contributed by atoms with Crippen LogP contribution in [0.25, 0.3) is 0 Å². The van der Waals surface area contributed by atoms with Crippen molar-refractivity contribution in [2.24, 2.45) is 0 Å². The third kappa shape index (κ3) is 4.67. The molecule has 1 aromatic heterocycles. The second-order valence-corrected chi connectivity index (χ2v) is 9.52. The Balaban J connectivity index is 1.37. The maximum Gasteiger partial charge on any atom is 0.277 e. The molecule has 8 heteroatoms. The fourth-order valence-corrected chi connectivity index (χ4v) is 5.35. The number of nitrogens with zero attached hydrogens (tertiary/aromatic N) is 3. The maximum atomic E-state index is 12.9. The van der Waals surface area contributed by atoms with Gasteiger partial charge in [0, 0.05) is 29.5 Å². The van der Waals surface area contributed by atoms with Crippen molar-refractivity contribution in [1.82, 2.24) is 10.2 Å². The topological polar surface area (TPSA) is 63.7 Å². The van der Waals surface area contributed by atoms with E-state index < -0.39 is 0 Å². The van der Waals surface area contributed by atoms with Gasteiger partial charge in [-0.15, -0.1) is 22.0 Å². The molecule has 0 radical (unpaired) electrons. The number of para-hydroxylation sites is 1. The Morgan fingerprint density at radius 3 is 3.00 bits per heavy atom. The van der Waals surface area contributed by atoms with E-state index in [1.807, 2.05) is 34.9 Å². The molecule has 1 fully saturated rings. The predicted octanol–water partition coefficient (Wildman–Crippen LogP) is 2.26. The minimum absolute atomic E-state index is 0.0899. The van der Waals surface area contributed by atoms with Gasteiger partial charge in [0.15, 0.2) is 6.54 Å². The van der Waals surface area contributed by atoms with Gasteiger partial charge >= 0.3 is 0 Å². The normalized spacial score (nSPS) is 20.5. The summed E-state index contributed by atoms with van der Waals surface area (Å²) in [6.45, 7) is 6.10. The number of aromatic nitrogens is 2. The maximum absolute atomic E-state index is 12.9. The largest absolute Gasteiger partial charge is 0.410 e. The van der Waals surface area contributed by atoms with Crippen molar-refractivity contribution in [3.05, 3.63) is 30.2 Å². The van der Waals surface area contributed by atoms with E-state index in [9.17, 15) is 4.79 Å². The fraction of sp³-hybridized carbons (Fsp3) is 0.526. The zero-order valence-corrected chi connectivity index (χ0v) is 17.2. The molecule has 6 nitrogen and oxygen atoms in total. The van der Waals surface area contributed by atoms with Crippen molar-refractivity contribution >= 4 is 35.1 Å². The third-order valence-electron chi connectivity index (χ3n) is 5.02. The highest BCUT2D eigenvalue weighted by Crippen LogP contribution is 2.37. The Morgan fingerprint density at radius 2 is 2.15 bits per heavy atom. The summed E-state index contributed by atoms with van der Waals surface area (Å²) in [4.78, 5) is 17.5. The number of benzene rings is 1. The smallest absolute Gasteiger partial charge is 0.277 e. The molecule has 0 saturated carbocycles. The number of carbonyl (C=O) groups is 1. The lowest BCUT2D eigenvalue weighted by Crippen LogP contribution is -3.08. The first kappa shape index (κ1) is 18.8. The SMILES string of the molecule is C[C@@H]1CCN(C(=O)CSc2nnc(C[NH+]3CCCC3)o2)c2ccccc2S1. The first-order chi connectivity index (χ1) is 13.2. The Hall–Kier alpha value is -1.51. The molecule has 0 aliphatic carbocycles. The van der Waals surface area contributed by atoms with Gasteiger partial charge < -0.3 is 14.2 Å². The van der Waals surface area contributed by atoms with Gasteiger partial charge in [-0.05, 0) is 18.6 Å². The first-order valence-corrected chi connectivity index (χ1v) is 11.4. The molecule has 1 aromatic carbocycles. The summed E-state index contributed by atoms with van der Waals surface area (Å²) < 4.78 is 5.74. The van der Waals surface area contributed by atoms with Gasteiger partial charge in [-0.25, -0.2) is 0 Å². The highest BCUT2D eigenvalue weighted by Gasteiger charge is 2.25. The summed E-state index contributed by atoms with van der Waals surface area (Å²) in [6.07, 6.45) is 3.53. The van der Waals surface area contributed by atoms with Crippen molar-refractivity contribution < 1.29 is 14.1 Å². The Morgan fingerprint density at radius 1 is 1.33 bits per heavy atom. The number of hydrogen-bond acceptors (Lipinski definition) is 6. The van der Waals surface area contributed by atoms with Gasteiger partial charge in [0.05, 0.1) is 24.5 Å². The molecule has 0 unspecified atom stereocenters. The quantitative estimate of drug-likeness (QED) is 0.770. The van der Waals surface area contributed by atoms with Gasteiger partial charge in [-0.2, -0.15) is 0 Å². The number of quaternary nitrogens is 1. The lowest BCUT2D eigenvalue weighted by molar-refractivity contribution is -0.902. The molecule has 1 amide bonds. The Kier molecular flexibility index (Phi) is 6.04. The van der Waals surface area contributed by atoms with Crippen molar-refractivity contribution in [2.75, 3.05) is 30.3 Å². The predicted molar refractivity (Wildman–Crippen MR) is 107 cm³/mol. The minimum atomic E-state index is 0.0899. The number of hydrogen-bond donors (Lipinski definition) is 1. The van der Waals surface area contributed by atoms with E-state index in [0.717, 1.165) is 25.2 Å². The van der Waals surface area contributed by atoms with Crippen LogP contribution in [0, 0.1) is 0 Å². The van der Waals surface area contributed by atoms with E-state index in [1.165, 1.54) is 47.5 Å². The number of nitrogens with one attached hydrogen (secondary N) is 1. The van der Waals surface area contributed by atoms with Crippen LogP contribution in [0.4, 0.5) is 5.69 Å². The molecule has 0 bridgehead atoms. The van der Waals surface area contributed by atoms with Gasteiger partial charge in [0.1, 0.15) is 0 Å². The van der Waals surface area contributed by atoms with Crippen molar-refractivity contribution in [3.63, 3.8) is 0 Å². The summed E-state index contributed by atoms with van der Waals surface area (Å²) in [6, 6.07) is 8.16. The molecule has 2 aliphatic heterocycles. The van der Waals surface area contributed by atoms with Crippen molar-refractivity contribution in [1.29, 1.82) is 0 Å². The monoisotopic (exact) mass is 405 g/mol. The van der Waals surface area contributed by atoms with E-state index in [-0.39, 0.29) is 5.91 Å². The molecular formula is C19H25N4O2S2+. The van der Waals surface area contributed by atoms with Crippen LogP contribution in [0.5, 0.6) is 0 Å². The van der Waals surface area contributed by atoms with Gasteiger partial charge in [-0.1, -0.05) is 30.8 Å². The number of likely N-dealkylation sites (tertiary alicyclic amines) is 1.